The summed E-state index contributed by atoms with van der Waals surface area (Å²) in [5, 5.41) is 3.54. The van der Waals surface area contributed by atoms with Gasteiger partial charge >= 0.3 is 0 Å². The Bertz CT molecular complexity index is 904. The number of nitrogens with zero attached hydrogens (tertiary/aromatic N) is 2. The number of rotatable bonds is 6. The van der Waals surface area contributed by atoms with Crippen LogP contribution in [0.5, 0.6) is 0 Å². The molecular formula is C22H26N4O2. The van der Waals surface area contributed by atoms with Crippen molar-refractivity contribution in [2.45, 2.75) is 31.7 Å². The lowest BCUT2D eigenvalue weighted by molar-refractivity contribution is -0.127. The molecule has 2 fully saturated rings. The third-order valence-corrected chi connectivity index (χ3v) is 5.82. The average Bonchev–Trinajstić information content (AvgIpc) is 3.58. The van der Waals surface area contributed by atoms with Gasteiger partial charge in [-0.15, -0.1) is 0 Å². The Kier molecular flexibility index (Phi) is 5.28. The number of carbonyl (C=O) groups is 1. The molecule has 1 aliphatic heterocycles. The van der Waals surface area contributed by atoms with Gasteiger partial charge in [0.25, 0.3) is 5.56 Å². The smallest absolute Gasteiger partial charge is 0.271 e. The van der Waals surface area contributed by atoms with Gasteiger partial charge in [-0.1, -0.05) is 6.58 Å². The summed E-state index contributed by atoms with van der Waals surface area (Å²) in [5.74, 6) is 0.902. The van der Waals surface area contributed by atoms with Crippen molar-refractivity contribution in [3.05, 3.63) is 59.8 Å². The molecule has 2 aliphatic rings. The van der Waals surface area contributed by atoms with E-state index in [4.69, 9.17) is 0 Å². The molecule has 2 N–H and O–H groups in total. The van der Waals surface area contributed by atoms with Crippen LogP contribution in [0.1, 0.15) is 25.7 Å². The number of anilines is 1. The highest BCUT2D eigenvalue weighted by molar-refractivity contribution is 5.87. The van der Waals surface area contributed by atoms with E-state index < -0.39 is 0 Å². The molecule has 28 heavy (non-hydrogen) atoms. The number of hydrogen-bond acceptors (Lipinski definition) is 4. The number of nitrogens with one attached hydrogen (secondary N) is 2. The highest BCUT2D eigenvalue weighted by Gasteiger charge is 2.39. The third-order valence-electron chi connectivity index (χ3n) is 5.82. The minimum atomic E-state index is -0.113. The molecule has 146 valence electrons. The Morgan fingerprint density at radius 1 is 1.25 bits per heavy atom. The number of H-pyrrole nitrogens is 1. The summed E-state index contributed by atoms with van der Waals surface area (Å²) in [5.41, 5.74) is 2.44. The Labute approximate surface area is 164 Å². The fourth-order valence-electron chi connectivity index (χ4n) is 4.19. The van der Waals surface area contributed by atoms with Gasteiger partial charge in [-0.25, -0.2) is 0 Å². The lowest BCUT2D eigenvalue weighted by Gasteiger charge is -2.37. The van der Waals surface area contributed by atoms with E-state index in [1.807, 2.05) is 23.1 Å². The van der Waals surface area contributed by atoms with Crippen molar-refractivity contribution >= 4 is 11.6 Å². The molecule has 4 rings (SSSR count). The van der Waals surface area contributed by atoms with Crippen LogP contribution in [-0.2, 0) is 4.79 Å². The standard InChI is InChI=1S/C22H26N4O2/c1-2-20(27)26-11-3-4-17(14-26)21(16-5-6-16)25-19-12-18(13-24-22(19)28)15-7-9-23-10-8-15/h2,7-10,12-13,16-17,21,25H,1,3-6,11,14H2,(H,24,28)/t17?,21-/m0/s1. The van der Waals surface area contributed by atoms with Gasteiger partial charge in [0, 0.05) is 43.3 Å². The molecule has 6 heteroatoms. The molecule has 1 aliphatic carbocycles. The zero-order chi connectivity index (χ0) is 19.5. The summed E-state index contributed by atoms with van der Waals surface area (Å²) >= 11 is 0. The van der Waals surface area contributed by atoms with Gasteiger partial charge in [-0.05, 0) is 67.4 Å². The Morgan fingerprint density at radius 2 is 2.04 bits per heavy atom. The second-order valence-corrected chi connectivity index (χ2v) is 7.77. The largest absolute Gasteiger partial charge is 0.377 e. The van der Waals surface area contributed by atoms with E-state index in [1.54, 1.807) is 18.6 Å². The number of carbonyl (C=O) groups excluding carboxylic acids is 1. The highest BCUT2D eigenvalue weighted by Crippen LogP contribution is 2.40. The van der Waals surface area contributed by atoms with Gasteiger partial charge in [-0.3, -0.25) is 14.6 Å². The van der Waals surface area contributed by atoms with Crippen LogP contribution >= 0.6 is 0 Å². The zero-order valence-corrected chi connectivity index (χ0v) is 15.9. The normalized spacial score (nSPS) is 20.4. The molecule has 2 aromatic rings. The van der Waals surface area contributed by atoms with Crippen LogP contribution in [-0.4, -0.2) is 39.9 Å². The maximum absolute atomic E-state index is 12.5. The molecule has 3 heterocycles. The predicted octanol–water partition coefficient (Wildman–Crippen LogP) is 3.05. The Balaban J connectivity index is 1.56. The fourth-order valence-corrected chi connectivity index (χ4v) is 4.19. The Morgan fingerprint density at radius 3 is 2.75 bits per heavy atom. The second-order valence-electron chi connectivity index (χ2n) is 7.77. The van der Waals surface area contributed by atoms with E-state index in [0.717, 1.165) is 37.1 Å². The van der Waals surface area contributed by atoms with Crippen molar-refractivity contribution in [1.82, 2.24) is 14.9 Å². The van der Waals surface area contributed by atoms with Crippen molar-refractivity contribution in [3.63, 3.8) is 0 Å². The Hall–Kier alpha value is -2.89. The summed E-state index contributed by atoms with van der Waals surface area (Å²) in [4.78, 5) is 33.3. The number of likely N-dealkylation sites (tertiary alicyclic amines) is 1. The first kappa shape index (κ1) is 18.5. The van der Waals surface area contributed by atoms with Gasteiger partial charge in [0.05, 0.1) is 0 Å². The van der Waals surface area contributed by atoms with Crippen LogP contribution in [0.2, 0.25) is 0 Å². The van der Waals surface area contributed by atoms with Gasteiger partial charge in [0.15, 0.2) is 0 Å². The van der Waals surface area contributed by atoms with E-state index in [9.17, 15) is 9.59 Å². The lowest BCUT2D eigenvalue weighted by Crippen LogP contribution is -2.46. The minimum absolute atomic E-state index is 0.00298. The van der Waals surface area contributed by atoms with Gasteiger partial charge in [-0.2, -0.15) is 0 Å². The van der Waals surface area contributed by atoms with Crippen LogP contribution in [0.4, 0.5) is 5.69 Å². The second kappa shape index (κ2) is 8.00. The molecule has 0 radical (unpaired) electrons. The van der Waals surface area contributed by atoms with Crippen molar-refractivity contribution < 1.29 is 4.79 Å². The molecule has 2 aromatic heterocycles. The van der Waals surface area contributed by atoms with Crippen LogP contribution in [0, 0.1) is 11.8 Å². The van der Waals surface area contributed by atoms with Crippen LogP contribution in [0.3, 0.4) is 0 Å². The highest BCUT2D eigenvalue weighted by atomic mass is 16.2. The number of aromatic nitrogens is 2. The summed E-state index contributed by atoms with van der Waals surface area (Å²) in [7, 11) is 0. The first-order chi connectivity index (χ1) is 13.7. The maximum Gasteiger partial charge on any atom is 0.271 e. The molecule has 6 nitrogen and oxygen atoms in total. The molecule has 1 saturated heterocycles. The first-order valence-electron chi connectivity index (χ1n) is 9.96. The number of hydrogen-bond donors (Lipinski definition) is 2. The van der Waals surface area contributed by atoms with Crippen LogP contribution in [0.15, 0.2) is 54.2 Å². The lowest BCUT2D eigenvalue weighted by atomic mass is 9.87. The number of amides is 1. The number of piperidine rings is 1. The fraction of sp³-hybridized carbons (Fsp3) is 0.409. The van der Waals surface area contributed by atoms with Crippen molar-refractivity contribution in [3.8, 4) is 11.1 Å². The predicted molar refractivity (Wildman–Crippen MR) is 110 cm³/mol. The number of aromatic amines is 1. The van der Waals surface area contributed by atoms with Crippen LogP contribution < -0.4 is 10.9 Å². The van der Waals surface area contributed by atoms with E-state index in [2.05, 4.69) is 21.9 Å². The molecule has 1 saturated carbocycles. The molecule has 1 amide bonds. The van der Waals surface area contributed by atoms with Crippen LogP contribution in [0.25, 0.3) is 11.1 Å². The quantitative estimate of drug-likeness (QED) is 0.758. The number of pyridine rings is 2. The topological polar surface area (TPSA) is 78.1 Å². The van der Waals surface area contributed by atoms with E-state index >= 15 is 0 Å². The summed E-state index contributed by atoms with van der Waals surface area (Å²) in [6.07, 6.45) is 11.0. The zero-order valence-electron chi connectivity index (χ0n) is 15.9. The third kappa shape index (κ3) is 4.01. The molecule has 0 spiro atoms. The van der Waals surface area contributed by atoms with E-state index in [1.165, 1.54) is 18.9 Å². The van der Waals surface area contributed by atoms with E-state index in [0.29, 0.717) is 17.5 Å². The SMILES string of the molecule is C=CC(=O)N1CCCC([C@@H](Nc2cc(-c3ccncc3)c[nH]c2=O)C2CC2)C1. The van der Waals surface area contributed by atoms with E-state index in [-0.39, 0.29) is 17.5 Å². The monoisotopic (exact) mass is 378 g/mol. The summed E-state index contributed by atoms with van der Waals surface area (Å²) in [6, 6.07) is 5.97. The van der Waals surface area contributed by atoms with Gasteiger partial charge in [0.2, 0.25) is 5.91 Å². The molecule has 2 atom stereocenters. The molecular weight excluding hydrogens is 352 g/mol. The average molecular weight is 378 g/mol. The molecule has 1 unspecified atom stereocenters. The molecule has 0 aromatic carbocycles. The minimum Gasteiger partial charge on any atom is -0.377 e. The van der Waals surface area contributed by atoms with Gasteiger partial charge in [0.1, 0.15) is 5.69 Å². The summed E-state index contributed by atoms with van der Waals surface area (Å²) < 4.78 is 0. The molecule has 0 bridgehead atoms. The first-order valence-corrected chi connectivity index (χ1v) is 9.96. The van der Waals surface area contributed by atoms with Gasteiger partial charge < -0.3 is 15.2 Å². The summed E-state index contributed by atoms with van der Waals surface area (Å²) in [6.45, 7) is 5.13. The van der Waals surface area contributed by atoms with Crippen molar-refractivity contribution in [2.24, 2.45) is 11.8 Å². The maximum atomic E-state index is 12.5. The van der Waals surface area contributed by atoms with Crippen molar-refractivity contribution in [1.29, 1.82) is 0 Å². The van der Waals surface area contributed by atoms with Crippen molar-refractivity contribution in [2.75, 3.05) is 18.4 Å².